The SMILES string of the molecule is CC/C=C\C/C=C\C/C=C\C/C=C\C/C=C\C/C=C\CCC(=O)OC(COC(=O)CCCCCCCCCCCCCCCCCCCCC)COC1OC(CS(=O)(=O)O)C(O)C(O)C1O. The Hall–Kier alpha value is -2.91. The maximum Gasteiger partial charge on any atom is 0.306 e. The average molecular weight is 951 g/mol. The standard InChI is InChI=1S/C53H90O12S/c1-3-5-7-9-11-13-15-17-19-21-23-25-27-29-31-33-35-37-39-41-48(54)62-43-46(44-63-53-52(58)51(57)50(56)47(65-53)45-66(59,60)61)64-49(55)42-40-38-36-34-32-30-28-26-24-22-20-18-16-14-12-10-8-6-4-2/h6,8,12,14,18,20,24,26,30,32,36,38,46-47,50-53,56-58H,3-5,7,9-11,13,15-17,19,21-23,25,27-29,31,33-35,37,39-45H2,1-2H3,(H,59,60,61)/b8-6-,14-12-,20-18-,26-24-,32-30-,38-36-. The van der Waals surface area contributed by atoms with Crippen molar-refractivity contribution in [3.05, 3.63) is 72.9 Å². The zero-order chi connectivity index (χ0) is 48.4. The number of rotatable bonds is 42. The number of hydrogen-bond acceptors (Lipinski definition) is 11. The number of carbonyl (C=O) groups is 2. The lowest BCUT2D eigenvalue weighted by molar-refractivity contribution is -0.297. The summed E-state index contributed by atoms with van der Waals surface area (Å²) >= 11 is 0. The number of ether oxygens (including phenoxy) is 4. The van der Waals surface area contributed by atoms with Gasteiger partial charge in [-0.25, -0.2) is 0 Å². The monoisotopic (exact) mass is 951 g/mol. The maximum absolute atomic E-state index is 12.8. The molecule has 66 heavy (non-hydrogen) atoms. The van der Waals surface area contributed by atoms with E-state index < -0.39 is 71.2 Å². The molecule has 12 nitrogen and oxygen atoms in total. The van der Waals surface area contributed by atoms with Crippen LogP contribution in [0.2, 0.25) is 0 Å². The molecule has 1 fully saturated rings. The normalized spacial score (nSPS) is 20.0. The van der Waals surface area contributed by atoms with Gasteiger partial charge in [0.05, 0.1) is 6.61 Å². The van der Waals surface area contributed by atoms with Crippen LogP contribution >= 0.6 is 0 Å². The highest BCUT2D eigenvalue weighted by Gasteiger charge is 2.46. The fourth-order valence-electron chi connectivity index (χ4n) is 7.41. The first-order valence-corrected chi connectivity index (χ1v) is 27.1. The van der Waals surface area contributed by atoms with E-state index in [4.69, 9.17) is 18.9 Å². The molecule has 0 bridgehead atoms. The molecule has 1 aliphatic heterocycles. The van der Waals surface area contributed by atoms with Crippen molar-refractivity contribution in [2.75, 3.05) is 19.0 Å². The maximum atomic E-state index is 12.8. The van der Waals surface area contributed by atoms with Crippen LogP contribution in [-0.2, 0) is 38.7 Å². The predicted molar refractivity (Wildman–Crippen MR) is 265 cm³/mol. The zero-order valence-electron chi connectivity index (χ0n) is 40.8. The smallest absolute Gasteiger partial charge is 0.306 e. The minimum absolute atomic E-state index is 0.0376. The number of aliphatic hydroxyl groups is 3. The van der Waals surface area contributed by atoms with Crippen molar-refractivity contribution in [2.24, 2.45) is 0 Å². The molecule has 0 aromatic rings. The molecule has 1 saturated heterocycles. The van der Waals surface area contributed by atoms with Gasteiger partial charge in [0, 0.05) is 12.8 Å². The molecule has 0 aromatic heterocycles. The summed E-state index contributed by atoms with van der Waals surface area (Å²) < 4.78 is 54.1. The van der Waals surface area contributed by atoms with Crippen molar-refractivity contribution >= 4 is 22.1 Å². The lowest BCUT2D eigenvalue weighted by Gasteiger charge is -2.40. The van der Waals surface area contributed by atoms with E-state index in [1.807, 2.05) is 18.2 Å². The van der Waals surface area contributed by atoms with Gasteiger partial charge >= 0.3 is 11.9 Å². The molecule has 6 unspecified atom stereocenters. The molecule has 0 aromatic carbocycles. The highest BCUT2D eigenvalue weighted by molar-refractivity contribution is 7.85. The predicted octanol–water partition coefficient (Wildman–Crippen LogP) is 11.5. The highest BCUT2D eigenvalue weighted by Crippen LogP contribution is 2.24. The molecule has 0 saturated carbocycles. The molecule has 0 spiro atoms. The summed E-state index contributed by atoms with van der Waals surface area (Å²) in [4.78, 5) is 25.5. The lowest BCUT2D eigenvalue weighted by Crippen LogP contribution is -2.60. The zero-order valence-corrected chi connectivity index (χ0v) is 41.6. The van der Waals surface area contributed by atoms with E-state index in [9.17, 15) is 37.9 Å². The van der Waals surface area contributed by atoms with E-state index >= 15 is 0 Å². The Kier molecular flexibility index (Phi) is 39.1. The van der Waals surface area contributed by atoms with Gasteiger partial charge in [0.1, 0.15) is 36.8 Å². The molecule has 13 heteroatoms. The second kappa shape index (κ2) is 42.2. The summed E-state index contributed by atoms with van der Waals surface area (Å²) in [5.74, 6) is -2.09. The molecule has 0 radical (unpaired) electrons. The van der Waals surface area contributed by atoms with E-state index in [0.717, 1.165) is 51.4 Å². The quantitative estimate of drug-likeness (QED) is 0.0197. The second-order valence-electron chi connectivity index (χ2n) is 17.5. The fraction of sp³-hybridized carbons (Fsp3) is 0.736. The molecule has 0 amide bonds. The lowest BCUT2D eigenvalue weighted by atomic mass is 10.00. The first-order chi connectivity index (χ1) is 32.0. The third kappa shape index (κ3) is 36.2. The van der Waals surface area contributed by atoms with Crippen molar-refractivity contribution in [2.45, 2.75) is 230 Å². The van der Waals surface area contributed by atoms with Crippen molar-refractivity contribution in [1.82, 2.24) is 0 Å². The van der Waals surface area contributed by atoms with Gasteiger partial charge in [-0.15, -0.1) is 0 Å². The summed E-state index contributed by atoms with van der Waals surface area (Å²) in [5, 5.41) is 31.0. The van der Waals surface area contributed by atoms with Crippen LogP contribution in [0.3, 0.4) is 0 Å². The molecule has 4 N–H and O–H groups in total. The largest absolute Gasteiger partial charge is 0.462 e. The van der Waals surface area contributed by atoms with Gasteiger partial charge in [-0.05, 0) is 51.4 Å². The summed E-state index contributed by atoms with van der Waals surface area (Å²) in [6.45, 7) is 3.61. The van der Waals surface area contributed by atoms with Gasteiger partial charge in [-0.3, -0.25) is 14.1 Å². The van der Waals surface area contributed by atoms with Crippen LogP contribution in [-0.4, -0.2) is 96.0 Å². The van der Waals surface area contributed by atoms with Crippen molar-refractivity contribution < 1.29 is 56.8 Å². The number of allylic oxidation sites excluding steroid dienone is 12. The van der Waals surface area contributed by atoms with Crippen molar-refractivity contribution in [3.8, 4) is 0 Å². The molecular formula is C53H90O12S. The Morgan fingerprint density at radius 1 is 0.530 bits per heavy atom. The fourth-order valence-corrected chi connectivity index (χ4v) is 8.10. The Labute approximate surface area is 399 Å². The molecule has 1 rings (SSSR count). The van der Waals surface area contributed by atoms with Crippen LogP contribution in [0.4, 0.5) is 0 Å². The van der Waals surface area contributed by atoms with Crippen molar-refractivity contribution in [3.63, 3.8) is 0 Å². The minimum Gasteiger partial charge on any atom is -0.462 e. The van der Waals surface area contributed by atoms with Crippen LogP contribution < -0.4 is 0 Å². The third-order valence-corrected chi connectivity index (χ3v) is 12.1. The van der Waals surface area contributed by atoms with Gasteiger partial charge in [0.25, 0.3) is 10.1 Å². The summed E-state index contributed by atoms with van der Waals surface area (Å²) in [5.41, 5.74) is 0. The first-order valence-electron chi connectivity index (χ1n) is 25.5. The molecule has 1 heterocycles. The molecule has 380 valence electrons. The Bertz CT molecular complexity index is 1490. The molecular weight excluding hydrogens is 861 g/mol. The number of aliphatic hydroxyl groups excluding tert-OH is 3. The van der Waals surface area contributed by atoms with E-state index in [1.165, 1.54) is 96.3 Å². The Morgan fingerprint density at radius 2 is 0.955 bits per heavy atom. The molecule has 0 aliphatic carbocycles. The van der Waals surface area contributed by atoms with Gasteiger partial charge in [-0.2, -0.15) is 8.42 Å². The van der Waals surface area contributed by atoms with E-state index in [1.54, 1.807) is 0 Å². The average Bonchev–Trinajstić information content (AvgIpc) is 3.28. The van der Waals surface area contributed by atoms with E-state index in [0.29, 0.717) is 19.3 Å². The van der Waals surface area contributed by atoms with Gasteiger partial charge in [0.2, 0.25) is 0 Å². The van der Waals surface area contributed by atoms with Gasteiger partial charge < -0.3 is 34.3 Å². The number of esters is 2. The minimum atomic E-state index is -4.62. The van der Waals surface area contributed by atoms with Gasteiger partial charge in [0.15, 0.2) is 12.4 Å². The van der Waals surface area contributed by atoms with Crippen LogP contribution in [0.5, 0.6) is 0 Å². The number of hydrogen-bond donors (Lipinski definition) is 4. The Balaban J connectivity index is 2.43. The third-order valence-electron chi connectivity index (χ3n) is 11.3. The summed E-state index contributed by atoms with van der Waals surface area (Å²) in [7, 11) is -4.62. The second-order valence-corrected chi connectivity index (χ2v) is 19.0. The van der Waals surface area contributed by atoms with Crippen LogP contribution in [0.1, 0.15) is 194 Å². The highest BCUT2D eigenvalue weighted by atomic mass is 32.2. The molecule has 1 aliphatic rings. The van der Waals surface area contributed by atoms with Crippen LogP contribution in [0, 0.1) is 0 Å². The number of carbonyl (C=O) groups excluding carboxylic acids is 2. The van der Waals surface area contributed by atoms with Crippen LogP contribution in [0.15, 0.2) is 72.9 Å². The van der Waals surface area contributed by atoms with E-state index in [-0.39, 0.29) is 19.4 Å². The first kappa shape index (κ1) is 61.1. The van der Waals surface area contributed by atoms with E-state index in [2.05, 4.69) is 68.5 Å². The Morgan fingerprint density at radius 3 is 1.39 bits per heavy atom. The van der Waals surface area contributed by atoms with Gasteiger partial charge in [-0.1, -0.05) is 202 Å². The molecule has 6 atom stereocenters. The summed E-state index contributed by atoms with van der Waals surface area (Å²) in [6, 6.07) is 0. The number of unbranched alkanes of at least 4 members (excludes halogenated alkanes) is 18. The van der Waals surface area contributed by atoms with Crippen molar-refractivity contribution in [1.29, 1.82) is 0 Å². The van der Waals surface area contributed by atoms with Crippen LogP contribution in [0.25, 0.3) is 0 Å². The summed E-state index contributed by atoms with van der Waals surface area (Å²) in [6.07, 6.45) is 45.3. The topological polar surface area (TPSA) is 186 Å².